The molecule has 2 aromatic carbocycles. The second-order valence-electron chi connectivity index (χ2n) is 7.37. The van der Waals surface area contributed by atoms with E-state index in [0.717, 1.165) is 31.1 Å². The molecule has 7 heteroatoms. The van der Waals surface area contributed by atoms with Crippen LogP contribution < -0.4 is 14.8 Å². The first kappa shape index (κ1) is 20.0. The Bertz CT molecular complexity index is 1020. The number of carbonyl (C=O) groups excluding carboxylic acids is 1. The van der Waals surface area contributed by atoms with E-state index < -0.39 is 0 Å². The number of benzene rings is 2. The van der Waals surface area contributed by atoms with Crippen LogP contribution in [0.3, 0.4) is 0 Å². The summed E-state index contributed by atoms with van der Waals surface area (Å²) in [6, 6.07) is 15.7. The van der Waals surface area contributed by atoms with Gasteiger partial charge in [-0.1, -0.05) is 30.3 Å². The molecule has 0 aliphatic carbocycles. The van der Waals surface area contributed by atoms with Crippen molar-refractivity contribution >= 4 is 5.91 Å². The Hall–Kier alpha value is -3.32. The summed E-state index contributed by atoms with van der Waals surface area (Å²) in [6.07, 6.45) is 3.38. The van der Waals surface area contributed by atoms with Crippen molar-refractivity contribution in [1.82, 2.24) is 20.0 Å². The molecule has 7 nitrogen and oxygen atoms in total. The van der Waals surface area contributed by atoms with E-state index in [1.807, 2.05) is 42.5 Å². The Morgan fingerprint density at radius 3 is 2.90 bits per heavy atom. The Morgan fingerprint density at radius 1 is 1.23 bits per heavy atom. The van der Waals surface area contributed by atoms with Gasteiger partial charge < -0.3 is 14.8 Å². The Morgan fingerprint density at radius 2 is 2.03 bits per heavy atom. The zero-order chi connectivity index (χ0) is 20.9. The Balaban J connectivity index is 1.35. The molecule has 1 aliphatic rings. The van der Waals surface area contributed by atoms with Gasteiger partial charge >= 0.3 is 0 Å². The highest BCUT2D eigenvalue weighted by molar-refractivity contribution is 5.93. The van der Waals surface area contributed by atoms with E-state index in [4.69, 9.17) is 9.47 Å². The smallest absolute Gasteiger partial charge is 0.254 e. The van der Waals surface area contributed by atoms with Gasteiger partial charge in [0, 0.05) is 37.9 Å². The van der Waals surface area contributed by atoms with Gasteiger partial charge in [0.15, 0.2) is 0 Å². The fourth-order valence-corrected chi connectivity index (χ4v) is 3.66. The van der Waals surface area contributed by atoms with Crippen LogP contribution in [0.1, 0.15) is 22.8 Å². The van der Waals surface area contributed by atoms with E-state index in [-0.39, 0.29) is 12.0 Å². The molecule has 1 aliphatic heterocycles. The number of nitrogens with zero attached hydrogens (tertiary/aromatic N) is 3. The number of ether oxygens (including phenoxy) is 2. The number of hydrogen-bond donors (Lipinski definition) is 1. The van der Waals surface area contributed by atoms with Gasteiger partial charge in [0.1, 0.15) is 23.3 Å². The maximum Gasteiger partial charge on any atom is 0.254 e. The lowest BCUT2D eigenvalue weighted by Gasteiger charge is -2.21. The third kappa shape index (κ3) is 4.46. The first-order valence-electron chi connectivity index (χ1n) is 10.1. The highest BCUT2D eigenvalue weighted by Crippen LogP contribution is 2.24. The van der Waals surface area contributed by atoms with Crippen LogP contribution >= 0.6 is 0 Å². The number of amides is 1. The number of methoxy groups -OCH3 is 1. The number of para-hydroxylation sites is 3. The molecular formula is C23H26N4O3. The van der Waals surface area contributed by atoms with Crippen molar-refractivity contribution in [2.45, 2.75) is 19.6 Å². The lowest BCUT2D eigenvalue weighted by molar-refractivity contribution is 0.0944. The van der Waals surface area contributed by atoms with E-state index in [0.29, 0.717) is 17.9 Å². The maximum absolute atomic E-state index is 12.6. The molecule has 1 N–H and O–H groups in total. The summed E-state index contributed by atoms with van der Waals surface area (Å²) in [5.41, 5.74) is 2.47. The first-order valence-corrected chi connectivity index (χ1v) is 10.1. The number of aromatic nitrogens is 2. The molecule has 2 heterocycles. The van der Waals surface area contributed by atoms with Crippen LogP contribution in [0.2, 0.25) is 0 Å². The first-order chi connectivity index (χ1) is 14.6. The summed E-state index contributed by atoms with van der Waals surface area (Å²) in [7, 11) is 1.61. The van der Waals surface area contributed by atoms with Crippen LogP contribution in [-0.4, -0.2) is 53.4 Å². The molecule has 4 rings (SSSR count). The molecule has 0 spiro atoms. The van der Waals surface area contributed by atoms with Crippen molar-refractivity contribution in [2.24, 2.45) is 0 Å². The van der Waals surface area contributed by atoms with Gasteiger partial charge in [-0.05, 0) is 25.1 Å². The van der Waals surface area contributed by atoms with Crippen LogP contribution in [-0.2, 0) is 6.54 Å². The summed E-state index contributed by atoms with van der Waals surface area (Å²) in [4.78, 5) is 14.9. The Kier molecular flexibility index (Phi) is 5.99. The van der Waals surface area contributed by atoms with Crippen LogP contribution in [0, 0.1) is 0 Å². The summed E-state index contributed by atoms with van der Waals surface area (Å²) in [5.74, 6) is 1.50. The number of hydrogen-bond acceptors (Lipinski definition) is 5. The van der Waals surface area contributed by atoms with Crippen LogP contribution in [0.5, 0.6) is 11.5 Å². The third-order valence-electron chi connectivity index (χ3n) is 5.10. The zero-order valence-electron chi connectivity index (χ0n) is 17.2. The second-order valence-corrected chi connectivity index (χ2v) is 7.37. The molecule has 0 saturated carbocycles. The molecule has 156 valence electrons. The van der Waals surface area contributed by atoms with Gasteiger partial charge in [0.25, 0.3) is 5.91 Å². The van der Waals surface area contributed by atoms with E-state index in [9.17, 15) is 4.79 Å². The Labute approximate surface area is 176 Å². The summed E-state index contributed by atoms with van der Waals surface area (Å²) >= 11 is 0. The quantitative estimate of drug-likeness (QED) is 0.682. The number of carbonyl (C=O) groups is 1. The van der Waals surface area contributed by atoms with Gasteiger partial charge in [-0.15, -0.1) is 0 Å². The molecule has 1 unspecified atom stereocenters. The maximum atomic E-state index is 12.6. The predicted octanol–water partition coefficient (Wildman–Crippen LogP) is 2.89. The molecule has 1 aromatic heterocycles. The SMILES string of the molecule is COc1ccccc1-n1cc(C(=O)NCCN2Cc3ccccc3OC(C)C2)cn1. The number of rotatable bonds is 6. The predicted molar refractivity (Wildman–Crippen MR) is 114 cm³/mol. The van der Waals surface area contributed by atoms with Crippen molar-refractivity contribution in [3.05, 3.63) is 72.1 Å². The highest BCUT2D eigenvalue weighted by atomic mass is 16.5. The minimum atomic E-state index is -0.143. The van der Waals surface area contributed by atoms with Gasteiger partial charge in [-0.2, -0.15) is 5.10 Å². The van der Waals surface area contributed by atoms with E-state index in [2.05, 4.69) is 28.3 Å². The monoisotopic (exact) mass is 406 g/mol. The van der Waals surface area contributed by atoms with Gasteiger partial charge in [-0.25, -0.2) is 4.68 Å². The molecule has 0 fully saturated rings. The lowest BCUT2D eigenvalue weighted by Crippen LogP contribution is -2.37. The average Bonchev–Trinajstić information content (AvgIpc) is 3.18. The second kappa shape index (κ2) is 9.00. The zero-order valence-corrected chi connectivity index (χ0v) is 17.2. The van der Waals surface area contributed by atoms with Crippen molar-refractivity contribution in [3.63, 3.8) is 0 Å². The van der Waals surface area contributed by atoms with Crippen molar-refractivity contribution < 1.29 is 14.3 Å². The number of fused-ring (bicyclic) bond motifs is 1. The van der Waals surface area contributed by atoms with E-state index in [1.54, 1.807) is 24.2 Å². The molecule has 3 aromatic rings. The van der Waals surface area contributed by atoms with Gasteiger partial charge in [0.05, 0.1) is 18.9 Å². The standard InChI is InChI=1S/C23H26N4O3/c1-17-14-26(15-18-7-3-5-9-21(18)30-17)12-11-24-23(28)19-13-25-27(16-19)20-8-4-6-10-22(20)29-2/h3-10,13,16-17H,11-12,14-15H2,1-2H3,(H,24,28). The average molecular weight is 406 g/mol. The third-order valence-corrected chi connectivity index (χ3v) is 5.10. The lowest BCUT2D eigenvalue weighted by atomic mass is 10.2. The topological polar surface area (TPSA) is 68.6 Å². The van der Waals surface area contributed by atoms with E-state index in [1.165, 1.54) is 5.56 Å². The fourth-order valence-electron chi connectivity index (χ4n) is 3.66. The molecule has 1 amide bonds. The highest BCUT2D eigenvalue weighted by Gasteiger charge is 2.20. The molecule has 0 radical (unpaired) electrons. The molecule has 0 saturated heterocycles. The molecule has 1 atom stereocenters. The van der Waals surface area contributed by atoms with Crippen molar-refractivity contribution in [3.8, 4) is 17.2 Å². The minimum Gasteiger partial charge on any atom is -0.494 e. The van der Waals surface area contributed by atoms with Crippen LogP contribution in [0.4, 0.5) is 0 Å². The number of nitrogens with one attached hydrogen (secondary N) is 1. The fraction of sp³-hybridized carbons (Fsp3) is 0.304. The van der Waals surface area contributed by atoms with Crippen molar-refractivity contribution in [1.29, 1.82) is 0 Å². The van der Waals surface area contributed by atoms with Gasteiger partial charge in [-0.3, -0.25) is 9.69 Å². The normalized spacial score (nSPS) is 16.3. The summed E-state index contributed by atoms with van der Waals surface area (Å²) in [5, 5.41) is 7.30. The minimum absolute atomic E-state index is 0.100. The van der Waals surface area contributed by atoms with Crippen molar-refractivity contribution in [2.75, 3.05) is 26.7 Å². The molecule has 30 heavy (non-hydrogen) atoms. The van der Waals surface area contributed by atoms with Gasteiger partial charge in [0.2, 0.25) is 0 Å². The van der Waals surface area contributed by atoms with Crippen LogP contribution in [0.15, 0.2) is 60.9 Å². The van der Waals surface area contributed by atoms with E-state index >= 15 is 0 Å². The summed E-state index contributed by atoms with van der Waals surface area (Å²) < 4.78 is 13.0. The largest absolute Gasteiger partial charge is 0.494 e. The molecular weight excluding hydrogens is 380 g/mol. The van der Waals surface area contributed by atoms with Crippen LogP contribution in [0.25, 0.3) is 5.69 Å². The summed E-state index contributed by atoms with van der Waals surface area (Å²) in [6.45, 7) is 4.99. The molecule has 0 bridgehead atoms.